The van der Waals surface area contributed by atoms with Crippen molar-refractivity contribution in [2.75, 3.05) is 13.1 Å². The quantitative estimate of drug-likeness (QED) is 0.838. The van der Waals surface area contributed by atoms with Crippen LogP contribution in [-0.2, 0) is 11.8 Å². The average molecular weight is 298 g/mol. The Morgan fingerprint density at radius 3 is 3.18 bits per heavy atom. The van der Waals surface area contributed by atoms with Crippen molar-refractivity contribution < 1.29 is 9.90 Å². The van der Waals surface area contributed by atoms with Crippen molar-refractivity contribution in [3.8, 4) is 5.75 Å². The van der Waals surface area contributed by atoms with E-state index < -0.39 is 0 Å². The number of rotatable bonds is 1. The smallest absolute Gasteiger partial charge is 0.276 e. The molecular weight excluding hydrogens is 280 g/mol. The zero-order valence-electron chi connectivity index (χ0n) is 12.2. The standard InChI is InChI=1S/C16H18N4O2/c21-12-3-1-7-17-13(12)15(22)20-8-2-5-16(10-20)6-4-11-9-18-19-14(11)16/h1,3,7,9,21H,2,4-6,8,10H2,(H,18,19). The molecule has 1 amide bonds. The van der Waals surface area contributed by atoms with E-state index in [0.29, 0.717) is 13.1 Å². The van der Waals surface area contributed by atoms with Crippen molar-refractivity contribution in [2.24, 2.45) is 0 Å². The fourth-order valence-electron chi connectivity index (χ4n) is 3.88. The lowest BCUT2D eigenvalue weighted by Crippen LogP contribution is -2.48. The zero-order valence-corrected chi connectivity index (χ0v) is 12.2. The van der Waals surface area contributed by atoms with Crippen LogP contribution in [0.25, 0.3) is 0 Å². The highest BCUT2D eigenvalue weighted by Crippen LogP contribution is 2.44. The van der Waals surface area contributed by atoms with E-state index in [1.54, 1.807) is 6.07 Å². The van der Waals surface area contributed by atoms with E-state index >= 15 is 0 Å². The van der Waals surface area contributed by atoms with E-state index in [0.717, 1.165) is 25.7 Å². The molecule has 2 N–H and O–H groups in total. The SMILES string of the molecule is O=C(c1ncccc1O)N1CCCC2(CCc3cn[nH]c32)C1. The number of fused-ring (bicyclic) bond motifs is 2. The summed E-state index contributed by atoms with van der Waals surface area (Å²) in [6, 6.07) is 3.13. The van der Waals surface area contributed by atoms with Gasteiger partial charge in [-0.25, -0.2) is 4.98 Å². The Hall–Kier alpha value is -2.37. The van der Waals surface area contributed by atoms with E-state index in [-0.39, 0.29) is 22.8 Å². The molecule has 3 heterocycles. The summed E-state index contributed by atoms with van der Waals surface area (Å²) in [4.78, 5) is 18.6. The normalized spacial score (nSPS) is 23.7. The summed E-state index contributed by atoms with van der Waals surface area (Å²) in [6.45, 7) is 1.37. The van der Waals surface area contributed by atoms with Crippen LogP contribution in [0.5, 0.6) is 5.75 Å². The predicted molar refractivity (Wildman–Crippen MR) is 79.6 cm³/mol. The third kappa shape index (κ3) is 1.90. The highest BCUT2D eigenvalue weighted by Gasteiger charge is 2.44. The molecule has 1 fully saturated rings. The number of nitrogens with one attached hydrogen (secondary N) is 1. The molecule has 6 nitrogen and oxygen atoms in total. The molecular formula is C16H18N4O2. The van der Waals surface area contributed by atoms with Gasteiger partial charge in [0.25, 0.3) is 5.91 Å². The van der Waals surface area contributed by atoms with E-state index in [1.807, 2.05) is 11.1 Å². The number of aryl methyl sites for hydroxylation is 1. The zero-order chi connectivity index (χ0) is 15.2. The van der Waals surface area contributed by atoms with Crippen LogP contribution in [0.2, 0.25) is 0 Å². The minimum absolute atomic E-state index is 0.00978. The van der Waals surface area contributed by atoms with Gasteiger partial charge in [0.2, 0.25) is 0 Å². The summed E-state index contributed by atoms with van der Waals surface area (Å²) >= 11 is 0. The van der Waals surface area contributed by atoms with Gasteiger partial charge >= 0.3 is 0 Å². The van der Waals surface area contributed by atoms with Crippen LogP contribution in [0.1, 0.15) is 41.0 Å². The van der Waals surface area contributed by atoms with E-state index in [1.165, 1.54) is 23.5 Å². The molecule has 6 heteroatoms. The monoisotopic (exact) mass is 298 g/mol. The molecule has 0 aromatic carbocycles. The fourth-order valence-corrected chi connectivity index (χ4v) is 3.88. The van der Waals surface area contributed by atoms with Gasteiger partial charge in [-0.15, -0.1) is 0 Å². The topological polar surface area (TPSA) is 82.1 Å². The summed E-state index contributed by atoms with van der Waals surface area (Å²) in [5.41, 5.74) is 2.59. The van der Waals surface area contributed by atoms with Crippen LogP contribution in [0.4, 0.5) is 0 Å². The number of aromatic amines is 1. The van der Waals surface area contributed by atoms with Gasteiger partial charge in [-0.2, -0.15) is 5.10 Å². The van der Waals surface area contributed by atoms with Crippen LogP contribution < -0.4 is 0 Å². The lowest BCUT2D eigenvalue weighted by molar-refractivity contribution is 0.0623. The average Bonchev–Trinajstić information content (AvgIpc) is 3.13. The van der Waals surface area contributed by atoms with Crippen LogP contribution >= 0.6 is 0 Å². The van der Waals surface area contributed by atoms with Gasteiger partial charge in [-0.05, 0) is 43.4 Å². The lowest BCUT2D eigenvalue weighted by Gasteiger charge is -2.40. The number of piperidine rings is 1. The highest BCUT2D eigenvalue weighted by atomic mass is 16.3. The number of pyridine rings is 1. The molecule has 114 valence electrons. The maximum Gasteiger partial charge on any atom is 0.276 e. The molecule has 0 saturated carbocycles. The first-order chi connectivity index (χ1) is 10.7. The molecule has 2 aliphatic rings. The van der Waals surface area contributed by atoms with Gasteiger partial charge in [0.1, 0.15) is 5.75 Å². The van der Waals surface area contributed by atoms with Crippen molar-refractivity contribution in [2.45, 2.75) is 31.1 Å². The molecule has 1 unspecified atom stereocenters. The molecule has 1 saturated heterocycles. The molecule has 1 aliphatic carbocycles. The van der Waals surface area contributed by atoms with Gasteiger partial charge in [-0.1, -0.05) is 0 Å². The number of aromatic nitrogens is 3. The second kappa shape index (κ2) is 4.83. The molecule has 2 aromatic heterocycles. The largest absolute Gasteiger partial charge is 0.505 e. The summed E-state index contributed by atoms with van der Waals surface area (Å²) in [7, 11) is 0. The maximum absolute atomic E-state index is 12.7. The molecule has 4 rings (SSSR count). The van der Waals surface area contributed by atoms with Crippen LogP contribution in [-0.4, -0.2) is 44.2 Å². The summed E-state index contributed by atoms with van der Waals surface area (Å²) in [5.74, 6) is -0.245. The number of hydrogen-bond donors (Lipinski definition) is 2. The molecule has 1 spiro atoms. The van der Waals surface area contributed by atoms with Crippen molar-refractivity contribution in [1.29, 1.82) is 0 Å². The summed E-state index contributed by atoms with van der Waals surface area (Å²) < 4.78 is 0. The van der Waals surface area contributed by atoms with Crippen molar-refractivity contribution in [1.82, 2.24) is 20.1 Å². The number of amides is 1. The number of carbonyl (C=O) groups excluding carboxylic acids is 1. The Labute approximate surface area is 128 Å². The molecule has 0 radical (unpaired) electrons. The second-order valence-electron chi connectivity index (χ2n) is 6.25. The Balaban J connectivity index is 1.63. The van der Waals surface area contributed by atoms with E-state index in [2.05, 4.69) is 15.2 Å². The van der Waals surface area contributed by atoms with Gasteiger partial charge in [0.05, 0.1) is 6.20 Å². The van der Waals surface area contributed by atoms with Gasteiger partial charge in [0, 0.05) is 30.4 Å². The Bertz CT molecular complexity index is 726. The fraction of sp³-hybridized carbons (Fsp3) is 0.438. The molecule has 0 bridgehead atoms. The Morgan fingerprint density at radius 2 is 2.32 bits per heavy atom. The predicted octanol–water partition coefficient (Wildman–Crippen LogP) is 1.63. The summed E-state index contributed by atoms with van der Waals surface area (Å²) in [5, 5.41) is 17.2. The van der Waals surface area contributed by atoms with Crippen LogP contribution in [0.15, 0.2) is 24.5 Å². The first kappa shape index (κ1) is 13.3. The van der Waals surface area contributed by atoms with Crippen molar-refractivity contribution in [3.05, 3.63) is 41.5 Å². The molecule has 1 atom stereocenters. The van der Waals surface area contributed by atoms with E-state index in [9.17, 15) is 9.90 Å². The maximum atomic E-state index is 12.7. The van der Waals surface area contributed by atoms with Crippen LogP contribution in [0.3, 0.4) is 0 Å². The second-order valence-corrected chi connectivity index (χ2v) is 6.25. The first-order valence-electron chi connectivity index (χ1n) is 7.66. The first-order valence-corrected chi connectivity index (χ1v) is 7.66. The van der Waals surface area contributed by atoms with Crippen LogP contribution in [0, 0.1) is 0 Å². The van der Waals surface area contributed by atoms with Crippen molar-refractivity contribution >= 4 is 5.91 Å². The Kier molecular flexibility index (Phi) is 2.92. The highest BCUT2D eigenvalue weighted by molar-refractivity contribution is 5.94. The lowest BCUT2D eigenvalue weighted by atomic mass is 9.77. The van der Waals surface area contributed by atoms with E-state index in [4.69, 9.17) is 0 Å². The van der Waals surface area contributed by atoms with Gasteiger partial charge < -0.3 is 10.0 Å². The molecule has 1 aliphatic heterocycles. The number of hydrogen-bond acceptors (Lipinski definition) is 4. The third-order valence-corrected chi connectivity index (χ3v) is 4.97. The Morgan fingerprint density at radius 1 is 1.41 bits per heavy atom. The number of aromatic hydroxyl groups is 1. The number of H-pyrrole nitrogens is 1. The van der Waals surface area contributed by atoms with Gasteiger partial charge in [0.15, 0.2) is 5.69 Å². The molecule has 22 heavy (non-hydrogen) atoms. The number of carbonyl (C=O) groups is 1. The van der Waals surface area contributed by atoms with Gasteiger partial charge in [-0.3, -0.25) is 9.89 Å². The minimum atomic E-state index is -0.190. The minimum Gasteiger partial charge on any atom is -0.505 e. The third-order valence-electron chi connectivity index (χ3n) is 4.97. The summed E-state index contributed by atoms with van der Waals surface area (Å²) in [6.07, 6.45) is 7.53. The van der Waals surface area contributed by atoms with Crippen molar-refractivity contribution in [3.63, 3.8) is 0 Å². The number of likely N-dealkylation sites (tertiary alicyclic amines) is 1. The number of nitrogens with zero attached hydrogens (tertiary/aromatic N) is 3. The molecule has 2 aromatic rings.